The number of rotatable bonds is 4. The van der Waals surface area contributed by atoms with Crippen LogP contribution in [0.5, 0.6) is 0 Å². The second-order valence-corrected chi connectivity index (χ2v) is 3.73. The van der Waals surface area contributed by atoms with Crippen molar-refractivity contribution in [1.29, 1.82) is 0 Å². The summed E-state index contributed by atoms with van der Waals surface area (Å²) < 4.78 is 40.2. The fraction of sp³-hybridized carbons (Fsp3) is 0.333. The molecule has 0 bridgehead atoms. The monoisotopic (exact) mass is 275 g/mol. The number of methoxy groups -OCH3 is 1. The van der Waals surface area contributed by atoms with E-state index in [-0.39, 0.29) is 5.56 Å². The molecule has 0 atom stereocenters. The highest BCUT2D eigenvalue weighted by Gasteiger charge is 2.27. The first-order chi connectivity index (χ1) is 8.81. The largest absolute Gasteiger partial charge is 0.465 e. The summed E-state index contributed by atoms with van der Waals surface area (Å²) in [6.07, 6.45) is -6.16. The fourth-order valence-electron chi connectivity index (χ4n) is 1.29. The lowest BCUT2D eigenvalue weighted by Gasteiger charge is -2.07. The average Bonchev–Trinajstić information content (AvgIpc) is 2.35. The third-order valence-corrected chi connectivity index (χ3v) is 2.23. The number of hydrogen-bond donors (Lipinski definition) is 1. The molecule has 7 heteroatoms. The summed E-state index contributed by atoms with van der Waals surface area (Å²) in [5, 5.41) is 2.31. The van der Waals surface area contributed by atoms with E-state index in [2.05, 4.69) is 10.1 Å². The maximum atomic E-state index is 11.9. The summed E-state index contributed by atoms with van der Waals surface area (Å²) in [5.41, 5.74) is 0.607. The van der Waals surface area contributed by atoms with E-state index in [0.717, 1.165) is 0 Å². The Kier molecular flexibility index (Phi) is 4.91. The molecule has 1 rings (SSSR count). The first-order valence-corrected chi connectivity index (χ1v) is 5.37. The summed E-state index contributed by atoms with van der Waals surface area (Å²) in [5.74, 6) is -1.27. The van der Waals surface area contributed by atoms with Crippen LogP contribution in [0.4, 0.5) is 18.9 Å². The number of ether oxygens (including phenoxy) is 1. The van der Waals surface area contributed by atoms with Gasteiger partial charge >= 0.3 is 12.1 Å². The topological polar surface area (TPSA) is 55.4 Å². The van der Waals surface area contributed by atoms with E-state index in [0.29, 0.717) is 5.69 Å². The van der Waals surface area contributed by atoms with Crippen molar-refractivity contribution >= 4 is 17.6 Å². The molecule has 0 aliphatic rings. The van der Waals surface area contributed by atoms with Crippen LogP contribution in [0.3, 0.4) is 0 Å². The summed E-state index contributed by atoms with van der Waals surface area (Å²) in [4.78, 5) is 22.4. The Balaban J connectivity index is 2.54. The Labute approximate surface area is 107 Å². The van der Waals surface area contributed by atoms with Crippen LogP contribution in [0.25, 0.3) is 0 Å². The van der Waals surface area contributed by atoms with Crippen molar-refractivity contribution in [2.24, 2.45) is 0 Å². The molecule has 19 heavy (non-hydrogen) atoms. The van der Waals surface area contributed by atoms with Crippen LogP contribution in [-0.4, -0.2) is 25.2 Å². The zero-order valence-corrected chi connectivity index (χ0v) is 10.1. The van der Waals surface area contributed by atoms with E-state index in [1.54, 1.807) is 0 Å². The molecule has 1 N–H and O–H groups in total. The number of benzene rings is 1. The molecule has 1 aromatic carbocycles. The van der Waals surface area contributed by atoms with E-state index in [4.69, 9.17) is 0 Å². The smallest absolute Gasteiger partial charge is 0.389 e. The lowest BCUT2D eigenvalue weighted by Crippen LogP contribution is -2.16. The highest BCUT2D eigenvalue weighted by molar-refractivity contribution is 5.93. The van der Waals surface area contributed by atoms with Gasteiger partial charge in [0, 0.05) is 12.1 Å². The molecule has 1 aromatic rings. The zero-order chi connectivity index (χ0) is 14.5. The van der Waals surface area contributed by atoms with Gasteiger partial charge in [-0.1, -0.05) is 0 Å². The Morgan fingerprint density at radius 2 is 1.79 bits per heavy atom. The number of carbonyl (C=O) groups excluding carboxylic acids is 2. The Hall–Kier alpha value is -2.05. The molecule has 1 amide bonds. The molecule has 0 aromatic heterocycles. The minimum Gasteiger partial charge on any atom is -0.465 e. The predicted octanol–water partition coefficient (Wildman–Crippen LogP) is 2.75. The predicted molar refractivity (Wildman–Crippen MR) is 61.7 cm³/mol. The number of esters is 1. The summed E-state index contributed by atoms with van der Waals surface area (Å²) in [7, 11) is 1.23. The normalized spacial score (nSPS) is 10.9. The number of nitrogens with one attached hydrogen (secondary N) is 1. The second-order valence-electron chi connectivity index (χ2n) is 3.73. The first kappa shape index (κ1) is 15.0. The van der Waals surface area contributed by atoms with Crippen molar-refractivity contribution in [2.75, 3.05) is 12.4 Å². The molecule has 104 valence electrons. The summed E-state index contributed by atoms with van der Waals surface area (Å²) in [6.45, 7) is 0. The lowest BCUT2D eigenvalue weighted by atomic mass is 10.2. The average molecular weight is 275 g/mol. The van der Waals surface area contributed by atoms with E-state index in [9.17, 15) is 22.8 Å². The SMILES string of the molecule is COC(=O)c1ccc(NC(=O)CCC(F)(F)F)cc1. The van der Waals surface area contributed by atoms with Gasteiger partial charge in [-0.15, -0.1) is 0 Å². The van der Waals surface area contributed by atoms with E-state index in [1.807, 2.05) is 0 Å². The molecule has 0 saturated heterocycles. The molecule has 4 nitrogen and oxygen atoms in total. The quantitative estimate of drug-likeness (QED) is 0.860. The third-order valence-electron chi connectivity index (χ3n) is 2.23. The highest BCUT2D eigenvalue weighted by Crippen LogP contribution is 2.21. The Bertz CT molecular complexity index is 454. The molecule has 0 saturated carbocycles. The number of halogens is 3. The number of alkyl halides is 3. The molecule has 0 radical (unpaired) electrons. The van der Waals surface area contributed by atoms with Gasteiger partial charge in [0.25, 0.3) is 0 Å². The van der Waals surface area contributed by atoms with Crippen LogP contribution in [0, 0.1) is 0 Å². The minimum absolute atomic E-state index is 0.288. The van der Waals surface area contributed by atoms with Crippen molar-refractivity contribution in [3.63, 3.8) is 0 Å². The van der Waals surface area contributed by atoms with Gasteiger partial charge in [-0.3, -0.25) is 4.79 Å². The van der Waals surface area contributed by atoms with E-state index in [1.165, 1.54) is 31.4 Å². The van der Waals surface area contributed by atoms with E-state index >= 15 is 0 Å². The third kappa shape index (κ3) is 5.41. The molecule has 0 aliphatic heterocycles. The molecule has 0 fully saturated rings. The van der Waals surface area contributed by atoms with Crippen molar-refractivity contribution in [3.8, 4) is 0 Å². The maximum Gasteiger partial charge on any atom is 0.389 e. The molecular weight excluding hydrogens is 263 g/mol. The van der Waals surface area contributed by atoms with Gasteiger partial charge in [-0.2, -0.15) is 13.2 Å². The van der Waals surface area contributed by atoms with Crippen molar-refractivity contribution in [2.45, 2.75) is 19.0 Å². The van der Waals surface area contributed by atoms with Gasteiger partial charge in [0.15, 0.2) is 0 Å². The molecule has 0 heterocycles. The van der Waals surface area contributed by atoms with Gasteiger partial charge in [0.1, 0.15) is 0 Å². The zero-order valence-electron chi connectivity index (χ0n) is 10.1. The van der Waals surface area contributed by atoms with Crippen molar-refractivity contribution in [1.82, 2.24) is 0 Å². The number of amides is 1. The van der Waals surface area contributed by atoms with Gasteiger partial charge in [0.05, 0.1) is 19.1 Å². The Morgan fingerprint density at radius 1 is 1.21 bits per heavy atom. The summed E-state index contributed by atoms with van der Waals surface area (Å²) in [6, 6.07) is 5.64. The van der Waals surface area contributed by atoms with Crippen LogP contribution in [-0.2, 0) is 9.53 Å². The first-order valence-electron chi connectivity index (χ1n) is 5.37. The van der Waals surface area contributed by atoms with Crippen LogP contribution in [0.15, 0.2) is 24.3 Å². The van der Waals surface area contributed by atoms with Crippen LogP contribution in [0.1, 0.15) is 23.2 Å². The lowest BCUT2D eigenvalue weighted by molar-refractivity contribution is -0.142. The minimum atomic E-state index is -4.36. The second kappa shape index (κ2) is 6.21. The van der Waals surface area contributed by atoms with Gasteiger partial charge in [-0.05, 0) is 24.3 Å². The molecule has 0 spiro atoms. The van der Waals surface area contributed by atoms with Crippen molar-refractivity contribution < 1.29 is 27.5 Å². The number of carbonyl (C=O) groups is 2. The Morgan fingerprint density at radius 3 is 2.26 bits per heavy atom. The highest BCUT2D eigenvalue weighted by atomic mass is 19.4. The number of anilines is 1. The van der Waals surface area contributed by atoms with Gasteiger partial charge in [-0.25, -0.2) is 4.79 Å². The summed E-state index contributed by atoms with van der Waals surface area (Å²) >= 11 is 0. The molecular formula is C12H12F3NO3. The van der Waals surface area contributed by atoms with Crippen molar-refractivity contribution in [3.05, 3.63) is 29.8 Å². The fourth-order valence-corrected chi connectivity index (χ4v) is 1.29. The number of hydrogen-bond acceptors (Lipinski definition) is 3. The van der Waals surface area contributed by atoms with Crippen LogP contribution < -0.4 is 5.32 Å². The molecule has 0 aliphatic carbocycles. The van der Waals surface area contributed by atoms with E-state index < -0.39 is 30.9 Å². The van der Waals surface area contributed by atoms with Crippen LogP contribution in [0.2, 0.25) is 0 Å². The van der Waals surface area contributed by atoms with Gasteiger partial charge < -0.3 is 10.1 Å². The maximum absolute atomic E-state index is 11.9. The van der Waals surface area contributed by atoms with Gasteiger partial charge in [0.2, 0.25) is 5.91 Å². The molecule has 0 unspecified atom stereocenters. The standard InChI is InChI=1S/C12H12F3NO3/c1-19-11(18)8-2-4-9(5-3-8)16-10(17)6-7-12(13,14)15/h2-5H,6-7H2,1H3,(H,16,17). The van der Waals surface area contributed by atoms with Crippen LogP contribution >= 0.6 is 0 Å².